The molecule has 6 nitrogen and oxygen atoms in total. The average Bonchev–Trinajstić information content (AvgIpc) is 3.47. The first-order chi connectivity index (χ1) is 14.8. The molecule has 1 aromatic heterocycles. The van der Waals surface area contributed by atoms with Gasteiger partial charge in [0.25, 0.3) is 0 Å². The van der Waals surface area contributed by atoms with Crippen LogP contribution in [0.4, 0.5) is 0 Å². The van der Waals surface area contributed by atoms with Crippen molar-refractivity contribution in [1.82, 2.24) is 20.4 Å². The van der Waals surface area contributed by atoms with Gasteiger partial charge < -0.3 is 15.4 Å². The average molecular weight is 531 g/mol. The Morgan fingerprint density at radius 3 is 2.58 bits per heavy atom. The molecule has 4 rings (SSSR count). The molecule has 0 radical (unpaired) electrons. The van der Waals surface area contributed by atoms with Gasteiger partial charge in [-0.25, -0.2) is 0 Å². The van der Waals surface area contributed by atoms with Crippen molar-refractivity contribution in [3.8, 4) is 0 Å². The molecule has 0 aliphatic carbocycles. The van der Waals surface area contributed by atoms with Crippen molar-refractivity contribution < 1.29 is 4.74 Å². The quantitative estimate of drug-likeness (QED) is 0.275. The van der Waals surface area contributed by atoms with Crippen LogP contribution < -0.4 is 10.6 Å². The van der Waals surface area contributed by atoms with Crippen LogP contribution in [0.2, 0.25) is 0 Å². The van der Waals surface area contributed by atoms with Crippen LogP contribution in [0.15, 0.2) is 78.0 Å². The molecule has 164 valence electrons. The highest BCUT2D eigenvalue weighted by molar-refractivity contribution is 14.0. The summed E-state index contributed by atoms with van der Waals surface area (Å²) in [5, 5.41) is 11.3. The van der Waals surface area contributed by atoms with Crippen molar-refractivity contribution in [2.45, 2.75) is 25.6 Å². The van der Waals surface area contributed by atoms with E-state index in [1.807, 2.05) is 36.3 Å². The van der Waals surface area contributed by atoms with E-state index in [0.29, 0.717) is 12.5 Å². The number of nitrogens with one attached hydrogen (secondary N) is 2. The molecule has 2 atom stereocenters. The van der Waals surface area contributed by atoms with E-state index in [-0.39, 0.29) is 30.1 Å². The van der Waals surface area contributed by atoms with Gasteiger partial charge in [0.15, 0.2) is 5.96 Å². The summed E-state index contributed by atoms with van der Waals surface area (Å²) in [4.78, 5) is 4.40. The topological polar surface area (TPSA) is 63.5 Å². The first-order valence-corrected chi connectivity index (χ1v) is 10.5. The number of halogens is 1. The van der Waals surface area contributed by atoms with E-state index in [1.165, 1.54) is 16.7 Å². The number of ether oxygens (including phenoxy) is 1. The van der Waals surface area contributed by atoms with Gasteiger partial charge in [-0.05, 0) is 29.2 Å². The van der Waals surface area contributed by atoms with Crippen molar-refractivity contribution in [2.24, 2.45) is 10.9 Å². The Morgan fingerprint density at radius 1 is 1.06 bits per heavy atom. The second-order valence-electron chi connectivity index (χ2n) is 7.53. The maximum absolute atomic E-state index is 6.00. The molecular formula is C24H30IN5O. The van der Waals surface area contributed by atoms with Gasteiger partial charge in [-0.15, -0.1) is 24.0 Å². The summed E-state index contributed by atoms with van der Waals surface area (Å²) in [6.07, 6.45) is 4.99. The van der Waals surface area contributed by atoms with Gasteiger partial charge in [-0.2, -0.15) is 5.10 Å². The third-order valence-corrected chi connectivity index (χ3v) is 5.55. The van der Waals surface area contributed by atoms with Gasteiger partial charge in [0.1, 0.15) is 0 Å². The highest BCUT2D eigenvalue weighted by Gasteiger charge is 2.29. The Morgan fingerprint density at radius 2 is 1.84 bits per heavy atom. The zero-order chi connectivity index (χ0) is 20.6. The molecule has 1 aliphatic rings. The molecule has 0 amide bonds. The summed E-state index contributed by atoms with van der Waals surface area (Å²) in [5.74, 6) is 1.24. The summed E-state index contributed by atoms with van der Waals surface area (Å²) in [5.41, 5.74) is 3.73. The van der Waals surface area contributed by atoms with Gasteiger partial charge in [-0.3, -0.25) is 9.67 Å². The van der Waals surface area contributed by atoms with Crippen LogP contribution in [-0.2, 0) is 17.8 Å². The monoisotopic (exact) mass is 531 g/mol. The van der Waals surface area contributed by atoms with E-state index in [4.69, 9.17) is 4.74 Å². The molecule has 1 saturated heterocycles. The maximum Gasteiger partial charge on any atom is 0.191 e. The molecule has 7 heteroatoms. The van der Waals surface area contributed by atoms with Crippen molar-refractivity contribution in [3.05, 3.63) is 89.7 Å². The van der Waals surface area contributed by atoms with Crippen LogP contribution in [0.3, 0.4) is 0 Å². The number of guanidine groups is 1. The van der Waals surface area contributed by atoms with E-state index in [9.17, 15) is 0 Å². The highest BCUT2D eigenvalue weighted by atomic mass is 127. The summed E-state index contributed by atoms with van der Waals surface area (Å²) in [6.45, 7) is 3.10. The molecule has 2 aromatic carbocycles. The van der Waals surface area contributed by atoms with E-state index in [0.717, 1.165) is 32.1 Å². The minimum Gasteiger partial charge on any atom is -0.373 e. The predicted octanol–water partition coefficient (Wildman–Crippen LogP) is 3.99. The van der Waals surface area contributed by atoms with Crippen LogP contribution in [0.25, 0.3) is 0 Å². The van der Waals surface area contributed by atoms with Gasteiger partial charge >= 0.3 is 0 Å². The number of nitrogens with zero attached hydrogens (tertiary/aromatic N) is 3. The van der Waals surface area contributed by atoms with Crippen LogP contribution >= 0.6 is 24.0 Å². The Hall–Kier alpha value is -2.39. The van der Waals surface area contributed by atoms with Crippen molar-refractivity contribution in [3.63, 3.8) is 0 Å². The third kappa shape index (κ3) is 6.30. The lowest BCUT2D eigenvalue weighted by molar-refractivity contribution is 0.0915. The zero-order valence-electron chi connectivity index (χ0n) is 17.8. The largest absolute Gasteiger partial charge is 0.373 e. The van der Waals surface area contributed by atoms with E-state index in [1.54, 1.807) is 0 Å². The summed E-state index contributed by atoms with van der Waals surface area (Å²) in [7, 11) is 1.81. The van der Waals surface area contributed by atoms with Crippen molar-refractivity contribution >= 4 is 29.9 Å². The van der Waals surface area contributed by atoms with Gasteiger partial charge in [0.05, 0.1) is 12.6 Å². The number of aromatic nitrogens is 2. The predicted molar refractivity (Wildman–Crippen MR) is 135 cm³/mol. The fourth-order valence-electron chi connectivity index (χ4n) is 3.93. The lowest BCUT2D eigenvalue weighted by atomic mass is 9.95. The molecular weight excluding hydrogens is 501 g/mol. The van der Waals surface area contributed by atoms with Crippen LogP contribution in [0, 0.1) is 5.92 Å². The number of rotatable bonds is 7. The molecule has 1 aliphatic heterocycles. The third-order valence-electron chi connectivity index (χ3n) is 5.55. The molecule has 2 heterocycles. The second kappa shape index (κ2) is 11.9. The number of aliphatic imine (C=N–C) groups is 1. The van der Waals surface area contributed by atoms with Crippen molar-refractivity contribution in [2.75, 3.05) is 20.2 Å². The number of hydrogen-bond donors (Lipinski definition) is 2. The SMILES string of the molecule is CN=C(NCc1ccccc1Cn1cccn1)NCC1CCOC1c1ccccc1.I. The molecule has 2 unspecified atom stereocenters. The van der Waals surface area contributed by atoms with E-state index in [2.05, 4.69) is 69.3 Å². The highest BCUT2D eigenvalue weighted by Crippen LogP contribution is 2.33. The number of benzene rings is 2. The van der Waals surface area contributed by atoms with Gasteiger partial charge in [0.2, 0.25) is 0 Å². The fraction of sp³-hybridized carbons (Fsp3) is 0.333. The normalized spacial score (nSPS) is 18.4. The minimum absolute atomic E-state index is 0. The first kappa shape index (κ1) is 23.3. The molecule has 31 heavy (non-hydrogen) atoms. The first-order valence-electron chi connectivity index (χ1n) is 10.5. The van der Waals surface area contributed by atoms with E-state index < -0.39 is 0 Å². The maximum atomic E-state index is 6.00. The Balaban J connectivity index is 0.00000272. The molecule has 0 saturated carbocycles. The second-order valence-corrected chi connectivity index (χ2v) is 7.53. The standard InChI is InChI=1S/C24H29N5O.HI/c1-25-24(27-17-21-12-15-30-23(21)19-8-3-2-4-9-19)26-16-20-10-5-6-11-22(20)18-29-14-7-13-28-29;/h2-11,13-14,21,23H,12,15-18H2,1H3,(H2,25,26,27);1H. The molecule has 0 bridgehead atoms. The summed E-state index contributed by atoms with van der Waals surface area (Å²) in [6, 6.07) is 20.9. The van der Waals surface area contributed by atoms with Crippen LogP contribution in [0.1, 0.15) is 29.2 Å². The molecule has 0 spiro atoms. The molecule has 2 N–H and O–H groups in total. The smallest absolute Gasteiger partial charge is 0.191 e. The van der Waals surface area contributed by atoms with Gasteiger partial charge in [0, 0.05) is 45.1 Å². The Bertz CT molecular complexity index is 946. The van der Waals surface area contributed by atoms with Crippen LogP contribution in [0.5, 0.6) is 0 Å². The lowest BCUT2D eigenvalue weighted by Crippen LogP contribution is -2.40. The molecule has 3 aromatic rings. The zero-order valence-corrected chi connectivity index (χ0v) is 20.1. The van der Waals surface area contributed by atoms with Crippen LogP contribution in [-0.4, -0.2) is 35.9 Å². The lowest BCUT2D eigenvalue weighted by Gasteiger charge is -2.21. The molecule has 1 fully saturated rings. The summed E-state index contributed by atoms with van der Waals surface area (Å²) < 4.78 is 7.94. The fourth-order valence-corrected chi connectivity index (χ4v) is 3.93. The Kier molecular flexibility index (Phi) is 8.90. The Labute approximate surface area is 201 Å². The summed E-state index contributed by atoms with van der Waals surface area (Å²) >= 11 is 0. The van der Waals surface area contributed by atoms with Crippen molar-refractivity contribution in [1.29, 1.82) is 0 Å². The van der Waals surface area contributed by atoms with Gasteiger partial charge in [-0.1, -0.05) is 54.6 Å². The number of hydrogen-bond acceptors (Lipinski definition) is 3. The van der Waals surface area contributed by atoms with E-state index >= 15 is 0 Å². The minimum atomic E-state index is 0.